The summed E-state index contributed by atoms with van der Waals surface area (Å²) in [5.41, 5.74) is 6.33. The molecule has 106 valence electrons. The van der Waals surface area contributed by atoms with Gasteiger partial charge in [0, 0.05) is 26.4 Å². The second-order valence-electron chi connectivity index (χ2n) is 6.07. The fourth-order valence-corrected chi connectivity index (χ4v) is 3.35. The summed E-state index contributed by atoms with van der Waals surface area (Å²) in [6.45, 7) is 1.94. The summed E-state index contributed by atoms with van der Waals surface area (Å²) in [6.07, 6.45) is 11.2. The molecular formula is C15H29NO2. The van der Waals surface area contributed by atoms with Crippen LogP contribution in [0.2, 0.25) is 0 Å². The monoisotopic (exact) mass is 255 g/mol. The van der Waals surface area contributed by atoms with Gasteiger partial charge in [-0.1, -0.05) is 19.3 Å². The highest BCUT2D eigenvalue weighted by Gasteiger charge is 2.42. The third-order valence-electron chi connectivity index (χ3n) is 5.00. The van der Waals surface area contributed by atoms with Crippen LogP contribution in [0.5, 0.6) is 0 Å². The Labute approximate surface area is 111 Å². The molecule has 0 amide bonds. The molecule has 1 unspecified atom stereocenters. The van der Waals surface area contributed by atoms with Crippen LogP contribution < -0.4 is 5.73 Å². The van der Waals surface area contributed by atoms with Gasteiger partial charge in [-0.15, -0.1) is 0 Å². The van der Waals surface area contributed by atoms with E-state index in [0.717, 1.165) is 38.4 Å². The standard InChI is InChI=1S/C15H29NO2/c1-17-15(9-4-10-15)14(16)6-3-2-5-13-7-11-18-12-8-13/h13-14H,2-12,16H2,1H3. The van der Waals surface area contributed by atoms with Crippen molar-refractivity contribution < 1.29 is 9.47 Å². The van der Waals surface area contributed by atoms with Gasteiger partial charge in [-0.2, -0.15) is 0 Å². The Morgan fingerprint density at radius 3 is 2.56 bits per heavy atom. The van der Waals surface area contributed by atoms with E-state index in [-0.39, 0.29) is 11.6 Å². The topological polar surface area (TPSA) is 44.5 Å². The maximum absolute atomic E-state index is 6.30. The van der Waals surface area contributed by atoms with Gasteiger partial charge in [-0.25, -0.2) is 0 Å². The molecule has 1 saturated carbocycles. The van der Waals surface area contributed by atoms with Crippen molar-refractivity contribution in [1.82, 2.24) is 0 Å². The van der Waals surface area contributed by atoms with Crippen LogP contribution in [-0.2, 0) is 9.47 Å². The van der Waals surface area contributed by atoms with Crippen LogP contribution in [0.4, 0.5) is 0 Å². The van der Waals surface area contributed by atoms with Gasteiger partial charge < -0.3 is 15.2 Å². The van der Waals surface area contributed by atoms with E-state index in [2.05, 4.69) is 0 Å². The third-order valence-corrected chi connectivity index (χ3v) is 5.00. The minimum Gasteiger partial charge on any atom is -0.381 e. The molecule has 0 radical (unpaired) electrons. The van der Waals surface area contributed by atoms with Gasteiger partial charge in [-0.05, 0) is 44.4 Å². The zero-order valence-electron chi connectivity index (χ0n) is 11.8. The van der Waals surface area contributed by atoms with Crippen LogP contribution in [0.1, 0.15) is 57.8 Å². The molecule has 1 aliphatic carbocycles. The summed E-state index contributed by atoms with van der Waals surface area (Å²) in [5.74, 6) is 0.898. The van der Waals surface area contributed by atoms with Crippen molar-refractivity contribution >= 4 is 0 Å². The van der Waals surface area contributed by atoms with E-state index in [1.54, 1.807) is 0 Å². The van der Waals surface area contributed by atoms with Gasteiger partial charge in [0.1, 0.15) is 0 Å². The van der Waals surface area contributed by atoms with Crippen LogP contribution in [-0.4, -0.2) is 32.0 Å². The fourth-order valence-electron chi connectivity index (χ4n) is 3.35. The van der Waals surface area contributed by atoms with Gasteiger partial charge in [0.15, 0.2) is 0 Å². The van der Waals surface area contributed by atoms with Crippen molar-refractivity contribution in [3.63, 3.8) is 0 Å². The third kappa shape index (κ3) is 3.46. The summed E-state index contributed by atoms with van der Waals surface area (Å²) in [7, 11) is 1.82. The van der Waals surface area contributed by atoms with Crippen LogP contribution in [0.15, 0.2) is 0 Å². The van der Waals surface area contributed by atoms with Crippen molar-refractivity contribution in [2.75, 3.05) is 20.3 Å². The summed E-state index contributed by atoms with van der Waals surface area (Å²) in [6, 6.07) is 0.242. The highest BCUT2D eigenvalue weighted by molar-refractivity contribution is 4.97. The first kappa shape index (κ1) is 14.3. The highest BCUT2D eigenvalue weighted by Crippen LogP contribution is 2.38. The summed E-state index contributed by atoms with van der Waals surface area (Å²) in [5, 5.41) is 0. The van der Waals surface area contributed by atoms with Crippen molar-refractivity contribution in [3.8, 4) is 0 Å². The Hall–Kier alpha value is -0.120. The largest absolute Gasteiger partial charge is 0.381 e. The smallest absolute Gasteiger partial charge is 0.0828 e. The first-order chi connectivity index (χ1) is 8.77. The number of nitrogens with two attached hydrogens (primary N) is 1. The second-order valence-corrected chi connectivity index (χ2v) is 6.07. The predicted octanol–water partition coefficient (Wildman–Crippen LogP) is 2.87. The molecule has 2 rings (SSSR count). The van der Waals surface area contributed by atoms with Crippen molar-refractivity contribution in [1.29, 1.82) is 0 Å². The van der Waals surface area contributed by atoms with Crippen LogP contribution in [0.25, 0.3) is 0 Å². The number of unbranched alkanes of at least 4 members (excludes halogenated alkanes) is 1. The molecular weight excluding hydrogens is 226 g/mol. The van der Waals surface area contributed by atoms with E-state index in [0.29, 0.717) is 0 Å². The molecule has 1 saturated heterocycles. The lowest BCUT2D eigenvalue weighted by Gasteiger charge is -2.45. The van der Waals surface area contributed by atoms with Gasteiger partial charge in [0.2, 0.25) is 0 Å². The minimum atomic E-state index is 0.0265. The molecule has 3 heteroatoms. The van der Waals surface area contributed by atoms with Gasteiger partial charge in [0.25, 0.3) is 0 Å². The highest BCUT2D eigenvalue weighted by atomic mass is 16.5. The average molecular weight is 255 g/mol. The quantitative estimate of drug-likeness (QED) is 0.711. The molecule has 0 spiro atoms. The van der Waals surface area contributed by atoms with E-state index in [1.165, 1.54) is 38.5 Å². The van der Waals surface area contributed by atoms with Crippen LogP contribution in [0, 0.1) is 5.92 Å². The zero-order valence-corrected chi connectivity index (χ0v) is 11.8. The molecule has 1 heterocycles. The van der Waals surface area contributed by atoms with Gasteiger partial charge >= 0.3 is 0 Å². The molecule has 2 N–H and O–H groups in total. The lowest BCUT2D eigenvalue weighted by Crippen LogP contribution is -2.54. The number of ether oxygens (including phenoxy) is 2. The molecule has 0 aromatic rings. The normalized spacial score (nSPS) is 25.7. The van der Waals surface area contributed by atoms with Crippen LogP contribution >= 0.6 is 0 Å². The van der Waals surface area contributed by atoms with E-state index in [9.17, 15) is 0 Å². The lowest BCUT2D eigenvalue weighted by atomic mass is 9.73. The van der Waals surface area contributed by atoms with E-state index >= 15 is 0 Å². The zero-order chi connectivity index (χ0) is 12.8. The number of hydrogen-bond donors (Lipinski definition) is 1. The van der Waals surface area contributed by atoms with E-state index in [1.807, 2.05) is 7.11 Å². The Balaban J connectivity index is 1.57. The predicted molar refractivity (Wildman–Crippen MR) is 73.6 cm³/mol. The molecule has 0 bridgehead atoms. The number of rotatable bonds is 7. The molecule has 1 aliphatic heterocycles. The Morgan fingerprint density at radius 2 is 2.00 bits per heavy atom. The molecule has 3 nitrogen and oxygen atoms in total. The van der Waals surface area contributed by atoms with Crippen molar-refractivity contribution in [3.05, 3.63) is 0 Å². The maximum Gasteiger partial charge on any atom is 0.0828 e. The SMILES string of the molecule is COC1(C(N)CCCCC2CCOCC2)CCC1. The second kappa shape index (κ2) is 6.88. The first-order valence-electron chi connectivity index (χ1n) is 7.65. The average Bonchev–Trinajstić information content (AvgIpc) is 2.35. The van der Waals surface area contributed by atoms with Crippen LogP contribution in [0.3, 0.4) is 0 Å². The van der Waals surface area contributed by atoms with Crippen molar-refractivity contribution in [2.45, 2.75) is 69.4 Å². The Bertz CT molecular complexity index is 229. The maximum atomic E-state index is 6.30. The molecule has 2 fully saturated rings. The van der Waals surface area contributed by atoms with E-state index in [4.69, 9.17) is 15.2 Å². The molecule has 1 atom stereocenters. The molecule has 18 heavy (non-hydrogen) atoms. The summed E-state index contributed by atoms with van der Waals surface area (Å²) >= 11 is 0. The Morgan fingerprint density at radius 1 is 1.28 bits per heavy atom. The number of methoxy groups -OCH3 is 1. The first-order valence-corrected chi connectivity index (χ1v) is 7.65. The fraction of sp³-hybridized carbons (Fsp3) is 1.00. The molecule has 2 aliphatic rings. The van der Waals surface area contributed by atoms with Gasteiger partial charge in [-0.3, -0.25) is 0 Å². The number of hydrogen-bond acceptors (Lipinski definition) is 3. The Kier molecular flexibility index (Phi) is 5.46. The van der Waals surface area contributed by atoms with Gasteiger partial charge in [0.05, 0.1) is 5.60 Å². The minimum absolute atomic E-state index is 0.0265. The van der Waals surface area contributed by atoms with E-state index < -0.39 is 0 Å². The van der Waals surface area contributed by atoms with Crippen molar-refractivity contribution in [2.24, 2.45) is 11.7 Å². The summed E-state index contributed by atoms with van der Waals surface area (Å²) in [4.78, 5) is 0. The molecule has 0 aromatic carbocycles. The lowest BCUT2D eigenvalue weighted by molar-refractivity contribution is -0.0917. The molecule has 0 aromatic heterocycles. The summed E-state index contributed by atoms with van der Waals surface area (Å²) < 4.78 is 11.0.